The number of esters is 1. The summed E-state index contributed by atoms with van der Waals surface area (Å²) in [7, 11) is 0. The van der Waals surface area contributed by atoms with Gasteiger partial charge in [0.25, 0.3) is 0 Å². The van der Waals surface area contributed by atoms with E-state index >= 15 is 0 Å². The molecule has 1 saturated heterocycles. The van der Waals surface area contributed by atoms with Crippen molar-refractivity contribution in [1.82, 2.24) is 0 Å². The van der Waals surface area contributed by atoms with Crippen LogP contribution >= 0.6 is 0 Å². The van der Waals surface area contributed by atoms with Crippen molar-refractivity contribution >= 4 is 5.97 Å². The van der Waals surface area contributed by atoms with Crippen LogP contribution in [0.25, 0.3) is 0 Å². The van der Waals surface area contributed by atoms with Crippen molar-refractivity contribution in [3.8, 4) is 0 Å². The number of carbonyl (C=O) groups is 1. The van der Waals surface area contributed by atoms with Crippen molar-refractivity contribution in [3.05, 3.63) is 12.2 Å². The molecule has 9 nitrogen and oxygen atoms in total. The minimum atomic E-state index is -1.53. The molecule has 0 spiro atoms. The zero-order valence-electron chi connectivity index (χ0n) is 37.8. The number of hydrogen-bond donors (Lipinski definition) is 4. The second-order valence-electron chi connectivity index (χ2n) is 17.3. The van der Waals surface area contributed by atoms with Crippen LogP contribution in [0, 0.1) is 0 Å². The van der Waals surface area contributed by atoms with Gasteiger partial charge in [0, 0.05) is 13.0 Å². The first kappa shape index (κ1) is 54.9. The topological polar surface area (TPSA) is 135 Å². The lowest BCUT2D eigenvalue weighted by molar-refractivity contribution is -0.305. The highest BCUT2D eigenvalue weighted by atomic mass is 16.7. The Morgan fingerprint density at radius 2 is 0.948 bits per heavy atom. The van der Waals surface area contributed by atoms with E-state index in [4.69, 9.17) is 18.9 Å². The van der Waals surface area contributed by atoms with Gasteiger partial charge in [0.15, 0.2) is 6.29 Å². The number of rotatable bonds is 43. The molecule has 58 heavy (non-hydrogen) atoms. The van der Waals surface area contributed by atoms with E-state index in [1.165, 1.54) is 167 Å². The summed E-state index contributed by atoms with van der Waals surface area (Å²) in [6.45, 7) is 4.57. The van der Waals surface area contributed by atoms with Crippen LogP contribution in [-0.2, 0) is 23.7 Å². The van der Waals surface area contributed by atoms with Crippen molar-refractivity contribution < 1.29 is 44.2 Å². The molecule has 0 aromatic rings. The third kappa shape index (κ3) is 31.8. The van der Waals surface area contributed by atoms with Gasteiger partial charge in [0.2, 0.25) is 0 Å². The fourth-order valence-electron chi connectivity index (χ4n) is 7.78. The lowest BCUT2D eigenvalue weighted by atomic mass is 9.99. The van der Waals surface area contributed by atoms with Crippen molar-refractivity contribution in [1.29, 1.82) is 0 Å². The standard InChI is InChI=1S/C49H94O9/c1-3-5-7-9-11-13-15-17-18-19-20-21-22-23-24-25-26-27-29-31-33-35-37-39-55-41-43(42-56-49-48(54)47(53)46(52)44(40-50)58-49)57-45(51)38-36-34-32-30-28-16-14-12-10-8-6-4-2/h12,14,43-44,46-50,52-54H,3-11,13,15-42H2,1-2H3/b14-12-. The molecule has 0 radical (unpaired) electrons. The second kappa shape index (κ2) is 41.3. The van der Waals surface area contributed by atoms with Gasteiger partial charge in [0.05, 0.1) is 19.8 Å². The maximum atomic E-state index is 12.8. The molecule has 4 N–H and O–H groups in total. The molecule has 1 aliphatic heterocycles. The van der Waals surface area contributed by atoms with Crippen LogP contribution in [0.15, 0.2) is 12.2 Å². The first-order valence-electron chi connectivity index (χ1n) is 24.8. The minimum absolute atomic E-state index is 0.111. The molecule has 0 aromatic heterocycles. The van der Waals surface area contributed by atoms with Gasteiger partial charge in [-0.25, -0.2) is 0 Å². The molecule has 344 valence electrons. The lowest BCUT2D eigenvalue weighted by Gasteiger charge is -2.39. The van der Waals surface area contributed by atoms with Crippen LogP contribution in [0.1, 0.15) is 232 Å². The van der Waals surface area contributed by atoms with Gasteiger partial charge in [-0.3, -0.25) is 4.79 Å². The van der Waals surface area contributed by atoms with Gasteiger partial charge in [-0.2, -0.15) is 0 Å². The van der Waals surface area contributed by atoms with Gasteiger partial charge >= 0.3 is 5.97 Å². The summed E-state index contributed by atoms with van der Waals surface area (Å²) in [6.07, 6.45) is 39.7. The fraction of sp³-hybridized carbons (Fsp3) is 0.939. The number of unbranched alkanes of at least 4 members (excludes halogenated alkanes) is 30. The fourth-order valence-corrected chi connectivity index (χ4v) is 7.78. The molecule has 1 rings (SSSR count). The Morgan fingerprint density at radius 1 is 0.534 bits per heavy atom. The van der Waals surface area contributed by atoms with Crippen molar-refractivity contribution in [2.45, 2.75) is 269 Å². The average Bonchev–Trinajstić information content (AvgIpc) is 3.22. The number of hydrogen-bond acceptors (Lipinski definition) is 9. The van der Waals surface area contributed by atoms with Gasteiger partial charge < -0.3 is 39.4 Å². The number of aliphatic hydroxyl groups excluding tert-OH is 4. The van der Waals surface area contributed by atoms with Crippen molar-refractivity contribution in [3.63, 3.8) is 0 Å². The number of aliphatic hydroxyl groups is 4. The van der Waals surface area contributed by atoms with E-state index in [0.717, 1.165) is 44.9 Å². The van der Waals surface area contributed by atoms with Gasteiger partial charge in [-0.15, -0.1) is 0 Å². The molecular weight excluding hydrogens is 733 g/mol. The van der Waals surface area contributed by atoms with E-state index < -0.39 is 43.4 Å². The van der Waals surface area contributed by atoms with Crippen LogP contribution in [-0.4, -0.2) is 89.6 Å². The zero-order valence-corrected chi connectivity index (χ0v) is 37.8. The Kier molecular flexibility index (Phi) is 39.1. The first-order chi connectivity index (χ1) is 28.4. The Hall–Kier alpha value is -1.07. The minimum Gasteiger partial charge on any atom is -0.457 e. The first-order valence-corrected chi connectivity index (χ1v) is 24.8. The molecule has 0 bridgehead atoms. The summed E-state index contributed by atoms with van der Waals surface area (Å²) in [6, 6.07) is 0. The third-order valence-corrected chi connectivity index (χ3v) is 11.7. The predicted octanol–water partition coefficient (Wildman–Crippen LogP) is 11.6. The van der Waals surface area contributed by atoms with Crippen LogP contribution < -0.4 is 0 Å². The van der Waals surface area contributed by atoms with E-state index in [2.05, 4.69) is 26.0 Å². The Morgan fingerprint density at radius 3 is 1.43 bits per heavy atom. The highest BCUT2D eigenvalue weighted by Gasteiger charge is 2.44. The molecule has 1 fully saturated rings. The quantitative estimate of drug-likeness (QED) is 0.0269. The molecule has 1 aliphatic rings. The van der Waals surface area contributed by atoms with E-state index in [1.54, 1.807) is 0 Å². The Labute approximate surface area is 356 Å². The smallest absolute Gasteiger partial charge is 0.306 e. The van der Waals surface area contributed by atoms with Gasteiger partial charge in [-0.1, -0.05) is 199 Å². The Balaban J connectivity index is 2.15. The average molecular weight is 827 g/mol. The summed E-state index contributed by atoms with van der Waals surface area (Å²) >= 11 is 0. The third-order valence-electron chi connectivity index (χ3n) is 11.7. The summed E-state index contributed by atoms with van der Waals surface area (Å²) in [5.74, 6) is -0.319. The molecule has 0 amide bonds. The van der Waals surface area contributed by atoms with Crippen LogP contribution in [0.2, 0.25) is 0 Å². The van der Waals surface area contributed by atoms with Crippen LogP contribution in [0.3, 0.4) is 0 Å². The zero-order chi connectivity index (χ0) is 42.2. The number of allylic oxidation sites excluding steroid dienone is 2. The van der Waals surface area contributed by atoms with E-state index in [1.807, 2.05) is 0 Å². The van der Waals surface area contributed by atoms with Crippen molar-refractivity contribution in [2.24, 2.45) is 0 Å². The molecule has 0 aromatic carbocycles. The molecule has 1 heterocycles. The maximum absolute atomic E-state index is 12.8. The molecule has 6 atom stereocenters. The molecular formula is C49H94O9. The van der Waals surface area contributed by atoms with Gasteiger partial charge in [-0.05, 0) is 38.5 Å². The summed E-state index contributed by atoms with van der Waals surface area (Å²) in [4.78, 5) is 12.8. The van der Waals surface area contributed by atoms with Crippen LogP contribution in [0.4, 0.5) is 0 Å². The van der Waals surface area contributed by atoms with Crippen LogP contribution in [0.5, 0.6) is 0 Å². The Bertz CT molecular complexity index is 899. The largest absolute Gasteiger partial charge is 0.457 e. The normalized spacial score (nSPS) is 20.3. The highest BCUT2D eigenvalue weighted by molar-refractivity contribution is 5.69. The van der Waals surface area contributed by atoms with E-state index in [0.29, 0.717) is 13.0 Å². The number of carbonyl (C=O) groups excluding carboxylic acids is 1. The van der Waals surface area contributed by atoms with E-state index in [9.17, 15) is 25.2 Å². The summed E-state index contributed by atoms with van der Waals surface area (Å²) in [5.41, 5.74) is 0. The summed E-state index contributed by atoms with van der Waals surface area (Å²) in [5, 5.41) is 40.1. The lowest BCUT2D eigenvalue weighted by Crippen LogP contribution is -2.59. The SMILES string of the molecule is CCCCC/C=C\CCCCCCCC(=O)OC(COCCCCCCCCCCCCCCCCCCCCCCCCC)COC1OC(CO)C(O)C(O)C1O. The predicted molar refractivity (Wildman–Crippen MR) is 238 cm³/mol. The van der Waals surface area contributed by atoms with E-state index in [-0.39, 0.29) is 19.2 Å². The molecule has 0 saturated carbocycles. The monoisotopic (exact) mass is 827 g/mol. The van der Waals surface area contributed by atoms with Crippen molar-refractivity contribution in [2.75, 3.05) is 26.4 Å². The maximum Gasteiger partial charge on any atom is 0.306 e. The summed E-state index contributed by atoms with van der Waals surface area (Å²) < 4.78 is 22.8. The molecule has 9 heteroatoms. The highest BCUT2D eigenvalue weighted by Crippen LogP contribution is 2.23. The molecule has 0 aliphatic carbocycles. The second-order valence-corrected chi connectivity index (χ2v) is 17.3. The van der Waals surface area contributed by atoms with Gasteiger partial charge in [0.1, 0.15) is 30.5 Å². The number of ether oxygens (including phenoxy) is 4. The molecule has 6 unspecified atom stereocenters.